The van der Waals surface area contributed by atoms with E-state index in [1.807, 2.05) is 29.6 Å². The molecule has 1 fully saturated rings. The third-order valence-electron chi connectivity index (χ3n) is 6.40. The molecule has 0 unspecified atom stereocenters. The van der Waals surface area contributed by atoms with Gasteiger partial charge in [0.05, 0.1) is 17.6 Å². The summed E-state index contributed by atoms with van der Waals surface area (Å²) in [5, 5.41) is 4.55. The number of fused-ring (bicyclic) bond motifs is 2. The molecule has 5 heteroatoms. The second-order valence-electron chi connectivity index (χ2n) is 7.81. The lowest BCUT2D eigenvalue weighted by Crippen LogP contribution is -2.42. The van der Waals surface area contributed by atoms with Gasteiger partial charge in [0.25, 0.3) is 0 Å². The molecule has 0 radical (unpaired) electrons. The number of amides is 1. The van der Waals surface area contributed by atoms with E-state index in [1.54, 1.807) is 12.1 Å². The summed E-state index contributed by atoms with van der Waals surface area (Å²) < 4.78 is 15.1. The topological polar surface area (TPSA) is 38.1 Å². The fourth-order valence-corrected chi connectivity index (χ4v) is 4.78. The first-order chi connectivity index (χ1) is 13.0. The SMILES string of the molecule is CCN(CC)C(=O)[C@H]1CCC2=Cc3c(cnn3-c3ccc(F)cc3)C[C@@]21C. The van der Waals surface area contributed by atoms with Gasteiger partial charge in [-0.3, -0.25) is 4.79 Å². The lowest BCUT2D eigenvalue weighted by Gasteiger charge is -2.37. The Labute approximate surface area is 159 Å². The Bertz CT molecular complexity index is 895. The fraction of sp³-hybridized carbons (Fsp3) is 0.455. The molecule has 0 bridgehead atoms. The van der Waals surface area contributed by atoms with Crippen molar-refractivity contribution < 1.29 is 9.18 Å². The summed E-state index contributed by atoms with van der Waals surface area (Å²) in [5.74, 6) is 0.0606. The Morgan fingerprint density at radius 2 is 2.00 bits per heavy atom. The molecular weight excluding hydrogens is 341 g/mol. The average Bonchev–Trinajstić information content (AvgIpc) is 3.20. The number of aromatic nitrogens is 2. The molecule has 2 atom stereocenters. The molecule has 1 amide bonds. The molecule has 142 valence electrons. The third-order valence-corrected chi connectivity index (χ3v) is 6.40. The van der Waals surface area contributed by atoms with Crippen LogP contribution in [-0.2, 0) is 11.2 Å². The largest absolute Gasteiger partial charge is 0.343 e. The normalized spacial score (nSPS) is 23.6. The van der Waals surface area contributed by atoms with E-state index in [-0.39, 0.29) is 23.1 Å². The number of halogens is 1. The number of allylic oxidation sites excluding steroid dienone is 1. The van der Waals surface area contributed by atoms with Crippen LogP contribution < -0.4 is 0 Å². The van der Waals surface area contributed by atoms with Crippen molar-refractivity contribution >= 4 is 12.0 Å². The number of benzene rings is 1. The minimum atomic E-state index is -0.251. The lowest BCUT2D eigenvalue weighted by molar-refractivity contribution is -0.137. The Kier molecular flexibility index (Phi) is 4.41. The fourth-order valence-electron chi connectivity index (χ4n) is 4.78. The number of carbonyl (C=O) groups is 1. The lowest BCUT2D eigenvalue weighted by atomic mass is 9.69. The first-order valence-corrected chi connectivity index (χ1v) is 9.80. The number of hydrogen-bond donors (Lipinski definition) is 0. The number of hydrogen-bond acceptors (Lipinski definition) is 2. The highest BCUT2D eigenvalue weighted by Crippen LogP contribution is 2.53. The van der Waals surface area contributed by atoms with Gasteiger partial charge in [0.1, 0.15) is 5.82 Å². The summed E-state index contributed by atoms with van der Waals surface area (Å²) in [5.41, 5.74) is 4.27. The number of rotatable bonds is 4. The molecule has 2 aliphatic rings. The van der Waals surface area contributed by atoms with Gasteiger partial charge in [0, 0.05) is 24.4 Å². The predicted molar refractivity (Wildman–Crippen MR) is 104 cm³/mol. The van der Waals surface area contributed by atoms with Crippen LogP contribution >= 0.6 is 0 Å². The van der Waals surface area contributed by atoms with Gasteiger partial charge >= 0.3 is 0 Å². The Morgan fingerprint density at radius 1 is 1.30 bits per heavy atom. The summed E-state index contributed by atoms with van der Waals surface area (Å²) in [4.78, 5) is 15.0. The van der Waals surface area contributed by atoms with Crippen molar-refractivity contribution in [3.8, 4) is 5.69 Å². The zero-order valence-corrected chi connectivity index (χ0v) is 16.2. The highest BCUT2D eigenvalue weighted by molar-refractivity contribution is 5.82. The van der Waals surface area contributed by atoms with Gasteiger partial charge < -0.3 is 4.90 Å². The summed E-state index contributed by atoms with van der Waals surface area (Å²) in [7, 11) is 0. The molecule has 2 aliphatic carbocycles. The molecule has 1 saturated carbocycles. The first-order valence-electron chi connectivity index (χ1n) is 9.80. The van der Waals surface area contributed by atoms with E-state index in [2.05, 4.69) is 18.1 Å². The van der Waals surface area contributed by atoms with Crippen LogP contribution in [0.4, 0.5) is 4.39 Å². The maximum atomic E-state index is 13.3. The highest BCUT2D eigenvalue weighted by Gasteiger charge is 2.49. The van der Waals surface area contributed by atoms with Crippen LogP contribution in [0.1, 0.15) is 44.9 Å². The van der Waals surface area contributed by atoms with Crippen LogP contribution in [0.25, 0.3) is 11.8 Å². The summed E-state index contributed by atoms with van der Waals surface area (Å²) in [6.45, 7) is 7.84. The van der Waals surface area contributed by atoms with Crippen LogP contribution in [-0.4, -0.2) is 33.7 Å². The van der Waals surface area contributed by atoms with Gasteiger partial charge in [-0.1, -0.05) is 12.5 Å². The van der Waals surface area contributed by atoms with Crippen LogP contribution in [0.2, 0.25) is 0 Å². The molecule has 0 aliphatic heterocycles. The van der Waals surface area contributed by atoms with Crippen molar-refractivity contribution in [2.75, 3.05) is 13.1 Å². The number of nitrogens with zero attached hydrogens (tertiary/aromatic N) is 3. The highest BCUT2D eigenvalue weighted by atomic mass is 19.1. The molecular formula is C22H26FN3O. The van der Waals surface area contributed by atoms with Gasteiger partial charge in [-0.2, -0.15) is 5.10 Å². The maximum Gasteiger partial charge on any atom is 0.226 e. The van der Waals surface area contributed by atoms with Crippen molar-refractivity contribution in [3.05, 3.63) is 53.1 Å². The van der Waals surface area contributed by atoms with E-state index >= 15 is 0 Å². The molecule has 1 aromatic carbocycles. The molecule has 27 heavy (non-hydrogen) atoms. The van der Waals surface area contributed by atoms with E-state index in [0.29, 0.717) is 0 Å². The van der Waals surface area contributed by atoms with Crippen molar-refractivity contribution in [2.24, 2.45) is 11.3 Å². The molecule has 1 heterocycles. The summed E-state index contributed by atoms with van der Waals surface area (Å²) in [6, 6.07) is 6.40. The zero-order chi connectivity index (χ0) is 19.2. The minimum absolute atomic E-state index is 0.0333. The molecule has 1 aromatic heterocycles. The maximum absolute atomic E-state index is 13.3. The molecule has 0 spiro atoms. The van der Waals surface area contributed by atoms with Gasteiger partial charge in [0.15, 0.2) is 0 Å². The van der Waals surface area contributed by atoms with E-state index in [4.69, 9.17) is 0 Å². The quantitative estimate of drug-likeness (QED) is 0.811. The standard InChI is InChI=1S/C22H26FN3O/c1-4-25(5-2)21(27)19-11-6-16-12-20-15(13-22(16,19)3)14-24-26(20)18-9-7-17(23)8-10-18/h7-10,12,14,19H,4-6,11,13H2,1-3H3/t19-,22+/m1/s1. The van der Waals surface area contributed by atoms with Gasteiger partial charge in [-0.05, 0) is 69.0 Å². The smallest absolute Gasteiger partial charge is 0.226 e. The van der Waals surface area contributed by atoms with E-state index in [0.717, 1.165) is 49.3 Å². The summed E-state index contributed by atoms with van der Waals surface area (Å²) in [6.07, 6.45) is 6.79. The van der Waals surface area contributed by atoms with Gasteiger partial charge in [-0.25, -0.2) is 9.07 Å². The monoisotopic (exact) mass is 367 g/mol. The number of carbonyl (C=O) groups excluding carboxylic acids is 1. The second-order valence-corrected chi connectivity index (χ2v) is 7.81. The van der Waals surface area contributed by atoms with Crippen LogP contribution in [0, 0.1) is 17.2 Å². The van der Waals surface area contributed by atoms with Gasteiger partial charge in [-0.15, -0.1) is 0 Å². The van der Waals surface area contributed by atoms with E-state index in [1.165, 1.54) is 17.7 Å². The van der Waals surface area contributed by atoms with Crippen LogP contribution in [0.15, 0.2) is 36.0 Å². The van der Waals surface area contributed by atoms with Crippen molar-refractivity contribution in [1.29, 1.82) is 0 Å². The van der Waals surface area contributed by atoms with E-state index < -0.39 is 0 Å². The summed E-state index contributed by atoms with van der Waals surface area (Å²) >= 11 is 0. The average molecular weight is 367 g/mol. The molecule has 4 nitrogen and oxygen atoms in total. The van der Waals surface area contributed by atoms with E-state index in [9.17, 15) is 9.18 Å². The Balaban J connectivity index is 1.69. The first kappa shape index (κ1) is 18.0. The van der Waals surface area contributed by atoms with Crippen LogP contribution in [0.5, 0.6) is 0 Å². The Morgan fingerprint density at radius 3 is 2.67 bits per heavy atom. The van der Waals surface area contributed by atoms with Crippen molar-refractivity contribution in [2.45, 2.75) is 40.0 Å². The minimum Gasteiger partial charge on any atom is -0.343 e. The Hall–Kier alpha value is -2.43. The molecule has 0 saturated heterocycles. The van der Waals surface area contributed by atoms with Crippen LogP contribution in [0.3, 0.4) is 0 Å². The molecule has 4 rings (SSSR count). The van der Waals surface area contributed by atoms with Crippen molar-refractivity contribution in [1.82, 2.24) is 14.7 Å². The van der Waals surface area contributed by atoms with Gasteiger partial charge in [0.2, 0.25) is 5.91 Å². The second kappa shape index (κ2) is 6.63. The van der Waals surface area contributed by atoms with Crippen molar-refractivity contribution in [3.63, 3.8) is 0 Å². The zero-order valence-electron chi connectivity index (χ0n) is 16.2. The third kappa shape index (κ3) is 2.80. The molecule has 0 N–H and O–H groups in total. The molecule has 2 aromatic rings. The predicted octanol–water partition coefficient (Wildman–Crippen LogP) is 4.24.